The van der Waals surface area contributed by atoms with E-state index in [1.807, 2.05) is 4.90 Å². The average Bonchev–Trinajstić information content (AvgIpc) is 2.53. The van der Waals surface area contributed by atoms with Crippen molar-refractivity contribution < 1.29 is 4.79 Å². The molecule has 1 fully saturated rings. The molecule has 2 N–H and O–H groups in total. The molecule has 1 aliphatic heterocycles. The smallest absolute Gasteiger partial charge is 0.222 e. The highest BCUT2D eigenvalue weighted by Crippen LogP contribution is 2.20. The van der Waals surface area contributed by atoms with Crippen LogP contribution in [0.2, 0.25) is 0 Å². The van der Waals surface area contributed by atoms with Crippen LogP contribution in [0.3, 0.4) is 0 Å². The van der Waals surface area contributed by atoms with Crippen molar-refractivity contribution in [2.75, 3.05) is 13.1 Å². The summed E-state index contributed by atoms with van der Waals surface area (Å²) < 4.78 is 0. The van der Waals surface area contributed by atoms with E-state index in [-0.39, 0.29) is 6.04 Å². The molecule has 2 rings (SSSR count). The van der Waals surface area contributed by atoms with Crippen molar-refractivity contribution in [2.45, 2.75) is 58.4 Å². The third-order valence-corrected chi connectivity index (χ3v) is 4.86. The van der Waals surface area contributed by atoms with Gasteiger partial charge < -0.3 is 10.6 Å². The third kappa shape index (κ3) is 5.13. The lowest BCUT2D eigenvalue weighted by molar-refractivity contribution is -0.132. The second-order valence-corrected chi connectivity index (χ2v) is 6.77. The van der Waals surface area contributed by atoms with Gasteiger partial charge in [0.1, 0.15) is 0 Å². The Morgan fingerprint density at radius 1 is 1.23 bits per heavy atom. The Hall–Kier alpha value is -1.35. The van der Waals surface area contributed by atoms with Gasteiger partial charge in [-0.2, -0.15) is 0 Å². The van der Waals surface area contributed by atoms with E-state index in [0.29, 0.717) is 18.2 Å². The monoisotopic (exact) mass is 302 g/mol. The number of amides is 1. The molecule has 3 heteroatoms. The summed E-state index contributed by atoms with van der Waals surface area (Å²) in [6.07, 6.45) is 5.96. The molecule has 0 aromatic heterocycles. The van der Waals surface area contributed by atoms with Crippen LogP contribution in [0.5, 0.6) is 0 Å². The molecule has 1 heterocycles. The third-order valence-electron chi connectivity index (χ3n) is 4.86. The van der Waals surface area contributed by atoms with Gasteiger partial charge in [-0.1, -0.05) is 29.8 Å². The molecule has 1 unspecified atom stereocenters. The van der Waals surface area contributed by atoms with Gasteiger partial charge in [0.2, 0.25) is 5.91 Å². The van der Waals surface area contributed by atoms with E-state index in [4.69, 9.17) is 5.73 Å². The Balaban J connectivity index is 1.63. The first-order chi connectivity index (χ1) is 10.6. The summed E-state index contributed by atoms with van der Waals surface area (Å²) in [4.78, 5) is 14.3. The molecule has 3 nitrogen and oxygen atoms in total. The first-order valence-corrected chi connectivity index (χ1v) is 8.65. The first-order valence-electron chi connectivity index (χ1n) is 8.65. The highest BCUT2D eigenvalue weighted by atomic mass is 16.2. The van der Waals surface area contributed by atoms with Crippen LogP contribution in [-0.2, 0) is 11.2 Å². The number of nitrogens with zero attached hydrogens (tertiary/aromatic N) is 1. The minimum atomic E-state index is 0.256. The summed E-state index contributed by atoms with van der Waals surface area (Å²) >= 11 is 0. The normalized spacial score (nSPS) is 17.5. The number of nitrogens with two attached hydrogens (primary N) is 1. The summed E-state index contributed by atoms with van der Waals surface area (Å²) in [5.74, 6) is 0.914. The highest BCUT2D eigenvalue weighted by molar-refractivity contribution is 5.76. The van der Waals surface area contributed by atoms with Crippen LogP contribution < -0.4 is 5.73 Å². The summed E-state index contributed by atoms with van der Waals surface area (Å²) in [6, 6.07) is 8.95. The SMILES string of the molecule is Cc1ccc(CCCCC(=O)N2CCC(C(C)N)CC2)cc1. The average molecular weight is 302 g/mol. The predicted octanol–water partition coefficient (Wildman–Crippen LogP) is 3.29. The van der Waals surface area contributed by atoms with Gasteiger partial charge in [-0.05, 0) is 57.4 Å². The molecule has 1 atom stereocenters. The maximum Gasteiger partial charge on any atom is 0.222 e. The van der Waals surface area contributed by atoms with Crippen molar-refractivity contribution in [2.24, 2.45) is 11.7 Å². The molecule has 1 aromatic carbocycles. The van der Waals surface area contributed by atoms with Crippen LogP contribution in [-0.4, -0.2) is 29.9 Å². The number of benzene rings is 1. The zero-order valence-electron chi connectivity index (χ0n) is 14.1. The lowest BCUT2D eigenvalue weighted by atomic mass is 9.91. The second kappa shape index (κ2) is 8.33. The molecule has 22 heavy (non-hydrogen) atoms. The number of aryl methyl sites for hydroxylation is 2. The van der Waals surface area contributed by atoms with E-state index >= 15 is 0 Å². The molecule has 1 aromatic rings. The van der Waals surface area contributed by atoms with Crippen LogP contribution in [0, 0.1) is 12.8 Å². The van der Waals surface area contributed by atoms with Gasteiger partial charge in [0.05, 0.1) is 0 Å². The zero-order valence-corrected chi connectivity index (χ0v) is 14.1. The van der Waals surface area contributed by atoms with Crippen molar-refractivity contribution in [3.63, 3.8) is 0 Å². The molecular weight excluding hydrogens is 272 g/mol. The maximum absolute atomic E-state index is 12.2. The van der Waals surface area contributed by atoms with Gasteiger partial charge in [-0.15, -0.1) is 0 Å². The minimum absolute atomic E-state index is 0.256. The van der Waals surface area contributed by atoms with Crippen molar-refractivity contribution >= 4 is 5.91 Å². The Labute approximate surface area is 134 Å². The Morgan fingerprint density at radius 2 is 1.86 bits per heavy atom. The first kappa shape index (κ1) is 17.0. The molecule has 1 amide bonds. The summed E-state index contributed by atoms with van der Waals surface area (Å²) in [7, 11) is 0. The van der Waals surface area contributed by atoms with Crippen LogP contribution in [0.15, 0.2) is 24.3 Å². The van der Waals surface area contributed by atoms with E-state index < -0.39 is 0 Å². The Kier molecular flexibility index (Phi) is 6.44. The summed E-state index contributed by atoms with van der Waals surface area (Å²) in [5.41, 5.74) is 8.62. The lowest BCUT2D eigenvalue weighted by Gasteiger charge is -2.33. The van der Waals surface area contributed by atoms with Crippen molar-refractivity contribution in [1.82, 2.24) is 4.90 Å². The maximum atomic E-state index is 12.2. The number of unbranched alkanes of at least 4 members (excludes halogenated alkanes) is 1. The van der Waals surface area contributed by atoms with Gasteiger partial charge in [-0.25, -0.2) is 0 Å². The molecule has 0 spiro atoms. The Morgan fingerprint density at radius 3 is 2.45 bits per heavy atom. The van der Waals surface area contributed by atoms with E-state index in [0.717, 1.165) is 45.2 Å². The van der Waals surface area contributed by atoms with E-state index in [1.54, 1.807) is 0 Å². The molecule has 0 saturated carbocycles. The topological polar surface area (TPSA) is 46.3 Å². The van der Waals surface area contributed by atoms with Gasteiger partial charge in [0, 0.05) is 25.6 Å². The summed E-state index contributed by atoms with van der Waals surface area (Å²) in [5, 5.41) is 0. The van der Waals surface area contributed by atoms with Gasteiger partial charge >= 0.3 is 0 Å². The molecular formula is C19H30N2O. The fourth-order valence-electron chi connectivity index (χ4n) is 3.19. The number of likely N-dealkylation sites (tertiary alicyclic amines) is 1. The van der Waals surface area contributed by atoms with E-state index in [1.165, 1.54) is 11.1 Å². The molecule has 0 bridgehead atoms. The number of carbonyl (C=O) groups is 1. The van der Waals surface area contributed by atoms with E-state index in [9.17, 15) is 4.79 Å². The van der Waals surface area contributed by atoms with Crippen LogP contribution in [0.1, 0.15) is 50.2 Å². The van der Waals surface area contributed by atoms with Crippen LogP contribution >= 0.6 is 0 Å². The number of carbonyl (C=O) groups excluding carboxylic acids is 1. The Bertz CT molecular complexity index is 459. The van der Waals surface area contributed by atoms with Crippen LogP contribution in [0.25, 0.3) is 0 Å². The number of piperidine rings is 1. The second-order valence-electron chi connectivity index (χ2n) is 6.77. The molecule has 1 aliphatic rings. The fraction of sp³-hybridized carbons (Fsp3) is 0.632. The van der Waals surface area contributed by atoms with Gasteiger partial charge in [-0.3, -0.25) is 4.79 Å². The fourth-order valence-corrected chi connectivity index (χ4v) is 3.19. The quantitative estimate of drug-likeness (QED) is 0.820. The number of rotatable bonds is 6. The lowest BCUT2D eigenvalue weighted by Crippen LogP contribution is -2.42. The van der Waals surface area contributed by atoms with Crippen molar-refractivity contribution in [3.8, 4) is 0 Å². The van der Waals surface area contributed by atoms with Gasteiger partial charge in [0.15, 0.2) is 0 Å². The van der Waals surface area contributed by atoms with Crippen molar-refractivity contribution in [1.29, 1.82) is 0 Å². The largest absolute Gasteiger partial charge is 0.343 e. The molecule has 1 saturated heterocycles. The molecule has 0 radical (unpaired) electrons. The number of hydrogen-bond acceptors (Lipinski definition) is 2. The molecule has 122 valence electrons. The summed E-state index contributed by atoms with van der Waals surface area (Å²) in [6.45, 7) is 5.97. The van der Waals surface area contributed by atoms with Crippen molar-refractivity contribution in [3.05, 3.63) is 35.4 Å². The van der Waals surface area contributed by atoms with Gasteiger partial charge in [0.25, 0.3) is 0 Å². The molecule has 0 aliphatic carbocycles. The number of hydrogen-bond donors (Lipinski definition) is 1. The standard InChI is InChI=1S/C19H30N2O/c1-15-7-9-17(10-8-15)5-3-4-6-19(22)21-13-11-18(12-14-21)16(2)20/h7-10,16,18H,3-6,11-14,20H2,1-2H3. The zero-order chi connectivity index (χ0) is 15.9. The van der Waals surface area contributed by atoms with Crippen LogP contribution in [0.4, 0.5) is 0 Å². The minimum Gasteiger partial charge on any atom is -0.343 e. The highest BCUT2D eigenvalue weighted by Gasteiger charge is 2.24. The predicted molar refractivity (Wildman–Crippen MR) is 91.7 cm³/mol. The van der Waals surface area contributed by atoms with E-state index in [2.05, 4.69) is 38.1 Å².